The van der Waals surface area contributed by atoms with Crippen LogP contribution in [0.2, 0.25) is 0 Å². The molecular formula is C22H18F3IN4O3S. The molecule has 1 aliphatic heterocycles. The molecule has 1 aliphatic rings. The van der Waals surface area contributed by atoms with Crippen molar-refractivity contribution in [3.8, 4) is 0 Å². The number of likely N-dealkylation sites (tertiary alicyclic amines) is 1. The fourth-order valence-corrected chi connectivity index (χ4v) is 4.59. The van der Waals surface area contributed by atoms with E-state index in [0.717, 1.165) is 12.1 Å². The number of benzene rings is 2. The van der Waals surface area contributed by atoms with Crippen molar-refractivity contribution in [3.05, 3.63) is 68.5 Å². The number of carbonyl (C=O) groups excluding carboxylic acids is 2. The minimum atomic E-state index is -1.30. The van der Waals surface area contributed by atoms with Gasteiger partial charge in [-0.3, -0.25) is 9.59 Å². The molecule has 1 saturated heterocycles. The number of nitrogens with one attached hydrogen (secondary N) is 2. The second-order valence-corrected chi connectivity index (χ2v) is 9.80. The number of hydrogen-bond donors (Lipinski definition) is 2. The molecule has 7 nitrogen and oxygen atoms in total. The summed E-state index contributed by atoms with van der Waals surface area (Å²) >= 11 is 3.29. The van der Waals surface area contributed by atoms with Gasteiger partial charge in [0.15, 0.2) is 22.4 Å². The Morgan fingerprint density at radius 1 is 1.21 bits per heavy atom. The van der Waals surface area contributed by atoms with Crippen LogP contribution in [0.3, 0.4) is 0 Å². The lowest BCUT2D eigenvalue weighted by molar-refractivity contribution is -0.170. The summed E-state index contributed by atoms with van der Waals surface area (Å²) in [6, 6.07) is 6.15. The molecule has 0 atom stereocenters. The number of halogens is 4. The Morgan fingerprint density at radius 2 is 1.97 bits per heavy atom. The molecule has 34 heavy (non-hydrogen) atoms. The number of aromatic nitrogens is 1. The van der Waals surface area contributed by atoms with Crippen molar-refractivity contribution in [2.45, 2.75) is 12.5 Å². The summed E-state index contributed by atoms with van der Waals surface area (Å²) in [5.74, 6) is -4.31. The predicted molar refractivity (Wildman–Crippen MR) is 130 cm³/mol. The molecule has 0 aliphatic carbocycles. The van der Waals surface area contributed by atoms with E-state index in [1.54, 1.807) is 17.6 Å². The third-order valence-corrected chi connectivity index (χ3v) is 6.52. The van der Waals surface area contributed by atoms with Crippen LogP contribution in [0.4, 0.5) is 29.7 Å². The maximum absolute atomic E-state index is 14.7. The summed E-state index contributed by atoms with van der Waals surface area (Å²) in [6.07, 6.45) is 1.62. The fraction of sp³-hybridized carbons (Fsp3) is 0.227. The number of nitrogens with zero attached hydrogens (tertiary/aromatic N) is 2. The topological polar surface area (TPSA) is 83.6 Å². The Labute approximate surface area is 210 Å². The highest BCUT2D eigenvalue weighted by Crippen LogP contribution is 2.33. The van der Waals surface area contributed by atoms with E-state index in [2.05, 4.69) is 15.6 Å². The first-order chi connectivity index (χ1) is 16.2. The molecule has 1 fully saturated rings. The van der Waals surface area contributed by atoms with Crippen LogP contribution in [-0.4, -0.2) is 47.0 Å². The van der Waals surface area contributed by atoms with E-state index in [4.69, 9.17) is 4.74 Å². The number of carbonyl (C=O) groups is 2. The van der Waals surface area contributed by atoms with Crippen LogP contribution >= 0.6 is 33.9 Å². The third-order valence-electron chi connectivity index (χ3n) is 5.12. The van der Waals surface area contributed by atoms with Crippen LogP contribution in [0.25, 0.3) is 0 Å². The van der Waals surface area contributed by atoms with Crippen molar-refractivity contribution >= 4 is 62.3 Å². The number of thiazole rings is 1. The van der Waals surface area contributed by atoms with Crippen molar-refractivity contribution in [2.75, 3.05) is 30.3 Å². The van der Waals surface area contributed by atoms with Crippen LogP contribution in [0, 0.1) is 21.0 Å². The van der Waals surface area contributed by atoms with Gasteiger partial charge in [0, 0.05) is 22.1 Å². The molecule has 0 bridgehead atoms. The lowest BCUT2D eigenvalue weighted by Crippen LogP contribution is -2.68. The first-order valence-electron chi connectivity index (χ1n) is 10.00. The van der Waals surface area contributed by atoms with Crippen molar-refractivity contribution in [2.24, 2.45) is 0 Å². The van der Waals surface area contributed by atoms with Gasteiger partial charge in [-0.25, -0.2) is 18.2 Å². The van der Waals surface area contributed by atoms with Gasteiger partial charge in [0.2, 0.25) is 0 Å². The lowest BCUT2D eigenvalue weighted by Gasteiger charge is -2.48. The maximum atomic E-state index is 14.7. The SMILES string of the molecule is CC(=O)OC1(CNc2nccs2)CN(C(=O)c2ccc(F)c(F)c2Nc2ccc(I)cc2F)C1. The predicted octanol–water partition coefficient (Wildman–Crippen LogP) is 4.78. The van der Waals surface area contributed by atoms with Crippen LogP contribution in [0.1, 0.15) is 17.3 Å². The van der Waals surface area contributed by atoms with Gasteiger partial charge in [-0.2, -0.15) is 0 Å². The largest absolute Gasteiger partial charge is 0.454 e. The standard InChI is InChI=1S/C22H18F3IN4O3S/c1-12(31)33-22(9-28-21-27-6-7-34-21)10-30(11-22)20(32)14-3-4-15(23)18(25)19(14)29-17-5-2-13(26)8-16(17)24/h2-8,29H,9-11H2,1H3,(H,27,28). The van der Waals surface area contributed by atoms with Crippen molar-refractivity contribution < 1.29 is 27.5 Å². The molecule has 0 radical (unpaired) electrons. The monoisotopic (exact) mass is 602 g/mol. The number of amides is 1. The fourth-order valence-electron chi connectivity index (χ4n) is 3.60. The van der Waals surface area contributed by atoms with Crippen molar-refractivity contribution in [1.82, 2.24) is 9.88 Å². The van der Waals surface area contributed by atoms with Gasteiger partial charge in [0.1, 0.15) is 5.82 Å². The van der Waals surface area contributed by atoms with Gasteiger partial charge in [-0.15, -0.1) is 11.3 Å². The number of anilines is 3. The summed E-state index contributed by atoms with van der Waals surface area (Å²) in [5.41, 5.74) is -1.76. The number of hydrogen-bond acceptors (Lipinski definition) is 7. The summed E-state index contributed by atoms with van der Waals surface area (Å²) in [4.78, 5) is 30.3. The van der Waals surface area contributed by atoms with E-state index in [9.17, 15) is 22.8 Å². The summed E-state index contributed by atoms with van der Waals surface area (Å²) < 4.78 is 49.1. The number of ether oxygens (including phenoxy) is 1. The molecule has 4 rings (SSSR count). The summed E-state index contributed by atoms with van der Waals surface area (Å²) in [7, 11) is 0. The molecule has 0 spiro atoms. The van der Waals surface area contributed by atoms with Crippen LogP contribution < -0.4 is 10.6 Å². The van der Waals surface area contributed by atoms with E-state index in [1.165, 1.54) is 35.3 Å². The van der Waals surface area contributed by atoms with Gasteiger partial charge in [-0.05, 0) is 52.9 Å². The second-order valence-electron chi connectivity index (χ2n) is 7.66. The van der Waals surface area contributed by atoms with Crippen molar-refractivity contribution in [1.29, 1.82) is 0 Å². The average molecular weight is 602 g/mol. The third kappa shape index (κ3) is 5.12. The minimum Gasteiger partial charge on any atom is -0.454 e. The van der Waals surface area contributed by atoms with Crippen LogP contribution in [0.5, 0.6) is 0 Å². The Bertz CT molecular complexity index is 1240. The van der Waals surface area contributed by atoms with E-state index in [-0.39, 0.29) is 30.9 Å². The molecule has 178 valence electrons. The zero-order valence-corrected chi connectivity index (χ0v) is 20.7. The highest BCUT2D eigenvalue weighted by atomic mass is 127. The summed E-state index contributed by atoms with van der Waals surface area (Å²) in [5, 5.41) is 7.99. The first kappa shape index (κ1) is 24.3. The van der Waals surface area contributed by atoms with E-state index < -0.39 is 40.6 Å². The van der Waals surface area contributed by atoms with E-state index in [1.807, 2.05) is 22.6 Å². The Kier molecular flexibility index (Phi) is 6.98. The van der Waals surface area contributed by atoms with Gasteiger partial charge < -0.3 is 20.3 Å². The summed E-state index contributed by atoms with van der Waals surface area (Å²) in [6.45, 7) is 1.53. The first-order valence-corrected chi connectivity index (χ1v) is 12.0. The lowest BCUT2D eigenvalue weighted by atomic mass is 9.92. The zero-order valence-electron chi connectivity index (χ0n) is 17.7. The molecule has 1 aromatic heterocycles. The average Bonchev–Trinajstić information content (AvgIpc) is 3.27. The minimum absolute atomic E-state index is 0.0279. The molecule has 1 amide bonds. The highest BCUT2D eigenvalue weighted by molar-refractivity contribution is 14.1. The van der Waals surface area contributed by atoms with E-state index >= 15 is 0 Å². The number of esters is 1. The van der Waals surface area contributed by atoms with Crippen LogP contribution in [0.15, 0.2) is 41.9 Å². The molecule has 12 heteroatoms. The Morgan fingerprint density at radius 3 is 2.62 bits per heavy atom. The van der Waals surface area contributed by atoms with Gasteiger partial charge in [0.25, 0.3) is 5.91 Å². The van der Waals surface area contributed by atoms with Gasteiger partial charge in [0.05, 0.1) is 36.6 Å². The molecule has 2 heterocycles. The molecule has 2 N–H and O–H groups in total. The quantitative estimate of drug-likeness (QED) is 0.300. The molecule has 0 unspecified atom stereocenters. The highest BCUT2D eigenvalue weighted by Gasteiger charge is 2.49. The molecule has 3 aromatic rings. The smallest absolute Gasteiger partial charge is 0.303 e. The molecule has 0 saturated carbocycles. The molecular weight excluding hydrogens is 584 g/mol. The van der Waals surface area contributed by atoms with Gasteiger partial charge >= 0.3 is 5.97 Å². The van der Waals surface area contributed by atoms with Gasteiger partial charge in [-0.1, -0.05) is 0 Å². The second kappa shape index (κ2) is 9.78. The van der Waals surface area contributed by atoms with E-state index in [0.29, 0.717) is 8.70 Å². The Hall–Kier alpha value is -2.87. The van der Waals surface area contributed by atoms with Crippen LogP contribution in [-0.2, 0) is 9.53 Å². The van der Waals surface area contributed by atoms with Crippen molar-refractivity contribution in [3.63, 3.8) is 0 Å². The Balaban J connectivity index is 1.55. The number of rotatable bonds is 7. The zero-order chi connectivity index (χ0) is 24.5. The normalized spacial score (nSPS) is 14.3. The maximum Gasteiger partial charge on any atom is 0.303 e. The molecule has 2 aromatic carbocycles.